The average molecular weight is 315 g/mol. The van der Waals surface area contributed by atoms with Crippen molar-refractivity contribution in [3.05, 3.63) is 28.3 Å². The molecular formula is C14H21NO5S. The van der Waals surface area contributed by atoms with Gasteiger partial charge in [-0.3, -0.25) is 0 Å². The third kappa shape index (κ3) is 4.31. The van der Waals surface area contributed by atoms with Gasteiger partial charge in [-0.1, -0.05) is 6.92 Å². The van der Waals surface area contributed by atoms with Gasteiger partial charge in [0.1, 0.15) is 17.6 Å². The van der Waals surface area contributed by atoms with Crippen molar-refractivity contribution in [3.63, 3.8) is 0 Å². The van der Waals surface area contributed by atoms with Gasteiger partial charge in [-0.05, 0) is 26.2 Å². The van der Waals surface area contributed by atoms with Crippen LogP contribution in [0.3, 0.4) is 0 Å². The first kappa shape index (κ1) is 16.0. The highest BCUT2D eigenvalue weighted by Crippen LogP contribution is 2.20. The minimum absolute atomic E-state index is 0.0701. The summed E-state index contributed by atoms with van der Waals surface area (Å²) >= 11 is 0. The van der Waals surface area contributed by atoms with E-state index in [9.17, 15) is 13.2 Å². The molecular weight excluding hydrogens is 294 g/mol. The van der Waals surface area contributed by atoms with E-state index in [0.717, 1.165) is 0 Å². The lowest BCUT2D eigenvalue weighted by Gasteiger charge is -2.31. The lowest BCUT2D eigenvalue weighted by Crippen LogP contribution is -2.42. The summed E-state index contributed by atoms with van der Waals surface area (Å²) in [5, 5.41) is 0. The Morgan fingerprint density at radius 3 is 2.57 bits per heavy atom. The van der Waals surface area contributed by atoms with E-state index in [2.05, 4.69) is 0 Å². The van der Waals surface area contributed by atoms with Crippen molar-refractivity contribution in [2.75, 3.05) is 18.8 Å². The van der Waals surface area contributed by atoms with Crippen LogP contribution in [0.25, 0.3) is 0 Å². The quantitative estimate of drug-likeness (QED) is 0.823. The molecule has 7 heteroatoms. The molecule has 0 spiro atoms. The first-order valence-electron chi connectivity index (χ1n) is 7.17. The first-order valence-corrected chi connectivity index (χ1v) is 8.78. The largest absolute Gasteiger partial charge is 0.490 e. The van der Waals surface area contributed by atoms with Gasteiger partial charge < -0.3 is 9.15 Å². The number of aryl methyl sites for hydroxylation is 1. The lowest BCUT2D eigenvalue weighted by molar-refractivity contribution is 0.134. The number of piperidine rings is 1. The van der Waals surface area contributed by atoms with Crippen LogP contribution >= 0.6 is 0 Å². The van der Waals surface area contributed by atoms with E-state index in [-0.39, 0.29) is 11.9 Å². The van der Waals surface area contributed by atoms with E-state index in [0.29, 0.717) is 43.9 Å². The zero-order chi connectivity index (χ0) is 15.5. The molecule has 6 nitrogen and oxygen atoms in total. The maximum atomic E-state index is 12.0. The van der Waals surface area contributed by atoms with Gasteiger partial charge in [-0.2, -0.15) is 0 Å². The van der Waals surface area contributed by atoms with Crippen LogP contribution in [0.4, 0.5) is 0 Å². The van der Waals surface area contributed by atoms with Crippen molar-refractivity contribution in [1.82, 2.24) is 4.31 Å². The number of hydrogen-bond donors (Lipinski definition) is 0. The Morgan fingerprint density at radius 2 is 2.00 bits per heavy atom. The zero-order valence-electron chi connectivity index (χ0n) is 12.4. The van der Waals surface area contributed by atoms with Gasteiger partial charge in [0.25, 0.3) is 0 Å². The fourth-order valence-corrected chi connectivity index (χ4v) is 3.99. The van der Waals surface area contributed by atoms with Crippen LogP contribution in [0, 0.1) is 6.92 Å². The molecule has 0 saturated carbocycles. The molecule has 0 aromatic carbocycles. The van der Waals surface area contributed by atoms with Gasteiger partial charge in [-0.25, -0.2) is 17.5 Å². The van der Waals surface area contributed by atoms with Gasteiger partial charge in [0.15, 0.2) is 0 Å². The molecule has 0 atom stereocenters. The van der Waals surface area contributed by atoms with Crippen molar-refractivity contribution >= 4 is 10.0 Å². The minimum atomic E-state index is -3.13. The smallest absolute Gasteiger partial charge is 0.339 e. The molecule has 0 N–H and O–H groups in total. The van der Waals surface area contributed by atoms with Crippen molar-refractivity contribution < 1.29 is 17.6 Å². The summed E-state index contributed by atoms with van der Waals surface area (Å²) in [5.74, 6) is 1.18. The Balaban J connectivity index is 1.94. The Bertz CT molecular complexity index is 629. The molecule has 0 amide bonds. The lowest BCUT2D eigenvalue weighted by atomic mass is 10.1. The number of ether oxygens (including phenoxy) is 1. The van der Waals surface area contributed by atoms with E-state index in [1.807, 2.05) is 6.92 Å². The van der Waals surface area contributed by atoms with Crippen molar-refractivity contribution in [3.8, 4) is 5.75 Å². The third-order valence-corrected chi connectivity index (χ3v) is 5.50. The summed E-state index contributed by atoms with van der Waals surface area (Å²) in [5.41, 5.74) is -0.437. The van der Waals surface area contributed by atoms with Crippen LogP contribution in [-0.4, -0.2) is 37.7 Å². The molecule has 0 bridgehead atoms. The molecule has 1 saturated heterocycles. The predicted octanol–water partition coefficient (Wildman–Crippen LogP) is 1.53. The Morgan fingerprint density at radius 1 is 1.33 bits per heavy atom. The molecule has 0 aliphatic carbocycles. The summed E-state index contributed by atoms with van der Waals surface area (Å²) in [7, 11) is -3.13. The van der Waals surface area contributed by atoms with Crippen LogP contribution < -0.4 is 10.4 Å². The highest BCUT2D eigenvalue weighted by Gasteiger charge is 2.28. The molecule has 1 aliphatic rings. The first-order chi connectivity index (χ1) is 9.90. The standard InChI is InChI=1S/C14H21NO5S/c1-3-8-21(17,18)15-6-4-12(5-7-15)20-13-9-11(2)19-14(16)10-13/h9-10,12H,3-8H2,1-2H3. The van der Waals surface area contributed by atoms with E-state index >= 15 is 0 Å². The topological polar surface area (TPSA) is 76.8 Å². The van der Waals surface area contributed by atoms with E-state index < -0.39 is 15.6 Å². The van der Waals surface area contributed by atoms with Crippen molar-refractivity contribution in [1.29, 1.82) is 0 Å². The van der Waals surface area contributed by atoms with Crippen LogP contribution in [0.2, 0.25) is 0 Å². The number of nitrogens with zero attached hydrogens (tertiary/aromatic N) is 1. The van der Waals surface area contributed by atoms with Crippen LogP contribution in [0.15, 0.2) is 21.3 Å². The molecule has 2 heterocycles. The predicted molar refractivity (Wildman–Crippen MR) is 79.0 cm³/mol. The molecule has 1 fully saturated rings. The van der Waals surface area contributed by atoms with E-state index in [1.54, 1.807) is 13.0 Å². The summed E-state index contributed by atoms with van der Waals surface area (Å²) in [6, 6.07) is 2.98. The number of sulfonamides is 1. The Kier molecular flexibility index (Phi) is 5.05. The van der Waals surface area contributed by atoms with Gasteiger partial charge in [-0.15, -0.1) is 0 Å². The van der Waals surface area contributed by atoms with Crippen molar-refractivity contribution in [2.45, 2.75) is 39.2 Å². The molecule has 1 aliphatic heterocycles. The molecule has 0 radical (unpaired) electrons. The van der Waals surface area contributed by atoms with Crippen LogP contribution in [0.1, 0.15) is 31.9 Å². The van der Waals surface area contributed by atoms with E-state index in [1.165, 1.54) is 10.4 Å². The molecule has 21 heavy (non-hydrogen) atoms. The SMILES string of the molecule is CCCS(=O)(=O)N1CCC(Oc2cc(C)oc(=O)c2)CC1. The van der Waals surface area contributed by atoms with Gasteiger partial charge in [0, 0.05) is 19.2 Å². The van der Waals surface area contributed by atoms with E-state index in [4.69, 9.17) is 9.15 Å². The average Bonchev–Trinajstić information content (AvgIpc) is 2.38. The molecule has 118 valence electrons. The van der Waals surface area contributed by atoms with Crippen molar-refractivity contribution in [2.24, 2.45) is 0 Å². The fourth-order valence-electron chi connectivity index (χ4n) is 2.45. The van der Waals surface area contributed by atoms with Gasteiger partial charge in [0.05, 0.1) is 11.8 Å². The molecule has 1 aromatic rings. The third-order valence-electron chi connectivity index (χ3n) is 3.43. The normalized spacial score (nSPS) is 17.8. The molecule has 2 rings (SSSR count). The Labute approximate surface area is 124 Å². The highest BCUT2D eigenvalue weighted by atomic mass is 32.2. The van der Waals surface area contributed by atoms with Crippen LogP contribution in [-0.2, 0) is 10.0 Å². The second kappa shape index (κ2) is 6.62. The molecule has 0 unspecified atom stereocenters. The summed E-state index contributed by atoms with van der Waals surface area (Å²) < 4.78 is 36.1. The number of rotatable bonds is 5. The summed E-state index contributed by atoms with van der Waals surface area (Å²) in [6.45, 7) is 4.48. The molecule has 1 aromatic heterocycles. The second-order valence-corrected chi connectivity index (χ2v) is 7.34. The maximum absolute atomic E-state index is 12.0. The zero-order valence-corrected chi connectivity index (χ0v) is 13.2. The van der Waals surface area contributed by atoms with Crippen LogP contribution in [0.5, 0.6) is 5.75 Å². The Hall–Kier alpha value is -1.34. The van der Waals surface area contributed by atoms with Gasteiger partial charge >= 0.3 is 5.63 Å². The minimum Gasteiger partial charge on any atom is -0.490 e. The summed E-state index contributed by atoms with van der Waals surface area (Å²) in [4.78, 5) is 11.3. The monoisotopic (exact) mass is 315 g/mol. The fraction of sp³-hybridized carbons (Fsp3) is 0.643. The summed E-state index contributed by atoms with van der Waals surface area (Å²) in [6.07, 6.45) is 1.81. The number of hydrogen-bond acceptors (Lipinski definition) is 5. The van der Waals surface area contributed by atoms with Gasteiger partial charge in [0.2, 0.25) is 10.0 Å². The second-order valence-electron chi connectivity index (χ2n) is 5.26. The highest BCUT2D eigenvalue weighted by molar-refractivity contribution is 7.89. The maximum Gasteiger partial charge on any atom is 0.339 e.